The molecule has 5 N–H and O–H groups in total. The first kappa shape index (κ1) is 31.8. The van der Waals surface area contributed by atoms with E-state index in [0.29, 0.717) is 77.7 Å². The Balaban J connectivity index is 1.37. The van der Waals surface area contributed by atoms with Crippen LogP contribution in [0.3, 0.4) is 0 Å². The van der Waals surface area contributed by atoms with Gasteiger partial charge >= 0.3 is 0 Å². The van der Waals surface area contributed by atoms with Gasteiger partial charge < -0.3 is 30.0 Å². The molecule has 5 aliphatic heterocycles. The van der Waals surface area contributed by atoms with Crippen molar-refractivity contribution in [2.75, 3.05) is 26.4 Å². The Hall–Kier alpha value is -6.20. The number of amidine groups is 4. The monoisotopic (exact) mass is 697 g/mol. The van der Waals surface area contributed by atoms with Crippen molar-refractivity contribution in [3.8, 4) is 11.1 Å². The lowest BCUT2D eigenvalue weighted by Gasteiger charge is -2.07. The van der Waals surface area contributed by atoms with Crippen molar-refractivity contribution in [1.29, 1.82) is 0 Å². The Bertz CT molecular complexity index is 2650. The van der Waals surface area contributed by atoms with Gasteiger partial charge in [-0.3, -0.25) is 0 Å². The highest BCUT2D eigenvalue weighted by atomic mass is 16.3. The molecule has 16 heteroatoms. The van der Waals surface area contributed by atoms with E-state index in [9.17, 15) is 20.4 Å². The van der Waals surface area contributed by atoms with E-state index in [2.05, 4.69) is 4.98 Å². The summed E-state index contributed by atoms with van der Waals surface area (Å²) in [7, 11) is 0. The molecule has 0 aromatic carbocycles. The highest BCUT2D eigenvalue weighted by Crippen LogP contribution is 2.40. The molecule has 0 saturated heterocycles. The van der Waals surface area contributed by atoms with Gasteiger partial charge in [-0.25, -0.2) is 48.6 Å². The number of rotatable bonds is 8. The maximum Gasteiger partial charge on any atom is 0.180 e. The molecule has 4 aromatic heterocycles. The number of pyridine rings is 4. The Morgan fingerprint density at radius 1 is 0.519 bits per heavy atom. The molecule has 0 aliphatic carbocycles. The minimum absolute atomic E-state index is 0.0327. The number of aliphatic hydroxyl groups excluding tert-OH is 4. The van der Waals surface area contributed by atoms with Gasteiger partial charge in [0.1, 0.15) is 30.8 Å². The molecule has 0 amide bonds. The summed E-state index contributed by atoms with van der Waals surface area (Å²) in [6.07, 6.45) is 15.1. The van der Waals surface area contributed by atoms with Crippen LogP contribution in [0.25, 0.3) is 21.9 Å². The predicted molar refractivity (Wildman–Crippen MR) is 187 cm³/mol. The lowest BCUT2D eigenvalue weighted by Crippen LogP contribution is -2.36. The van der Waals surface area contributed by atoms with Crippen LogP contribution in [0, 0.1) is 0 Å². The first-order valence-electron chi connectivity index (χ1n) is 16.9. The fourth-order valence-electron chi connectivity index (χ4n) is 6.70. The maximum atomic E-state index is 9.70. The minimum Gasteiger partial charge on any atom is -0.395 e. The third-order valence-electron chi connectivity index (χ3n) is 9.19. The zero-order valence-electron chi connectivity index (χ0n) is 27.8. The standard InChI is InChI=1S/C36H33N12O4/c49-13-9-45-5-1-21-25(17-45)33-37-29(21)41-34-26-18-46(10-14-50)6-2-22(26)31(38-34)43-36-28-20-48(12-16-52)8-4-24(28)32(40-36)44-35-27-19-47(11-15-51)7-3-23(27)30(39-35)42-33/h1-8,17-20,49-52H,9-16H2,(H,37,38,39,40,41,42,43,44)/q+3. The zero-order valence-corrected chi connectivity index (χ0v) is 27.8. The third kappa shape index (κ3) is 5.41. The molecule has 4 aromatic rings. The van der Waals surface area contributed by atoms with Crippen molar-refractivity contribution in [3.63, 3.8) is 0 Å². The molecular formula is C36H33N12O4+3. The minimum atomic E-state index is -0.0399. The average Bonchev–Trinajstić information content (AvgIpc) is 3.87. The lowest BCUT2D eigenvalue weighted by molar-refractivity contribution is -0.698. The molecule has 0 spiro atoms. The summed E-state index contributed by atoms with van der Waals surface area (Å²) < 4.78 is 7.50. The summed E-state index contributed by atoms with van der Waals surface area (Å²) in [6.45, 7) is 1.41. The van der Waals surface area contributed by atoms with Crippen LogP contribution in [0.4, 0.5) is 11.6 Å². The average molecular weight is 698 g/mol. The van der Waals surface area contributed by atoms with Gasteiger partial charge in [0.2, 0.25) is 0 Å². The molecule has 5 aliphatic rings. The van der Waals surface area contributed by atoms with Gasteiger partial charge in [0.25, 0.3) is 0 Å². The molecule has 8 bridgehead atoms. The third-order valence-corrected chi connectivity index (χ3v) is 9.19. The molecule has 0 atom stereocenters. The number of aliphatic hydroxyl groups is 4. The van der Waals surface area contributed by atoms with Crippen molar-refractivity contribution in [1.82, 2.24) is 14.5 Å². The second-order valence-corrected chi connectivity index (χ2v) is 12.5. The van der Waals surface area contributed by atoms with Crippen LogP contribution in [0.5, 0.6) is 0 Å². The van der Waals surface area contributed by atoms with Crippen molar-refractivity contribution in [2.45, 2.75) is 26.2 Å². The van der Waals surface area contributed by atoms with Gasteiger partial charge in [-0.05, 0) is 6.07 Å². The van der Waals surface area contributed by atoms with Crippen LogP contribution >= 0.6 is 0 Å². The number of H-pyrrole nitrogens is 1. The molecule has 9 rings (SSSR count). The van der Waals surface area contributed by atoms with E-state index in [1.54, 1.807) is 0 Å². The van der Waals surface area contributed by atoms with Crippen LogP contribution in [0.1, 0.15) is 22.3 Å². The summed E-state index contributed by atoms with van der Waals surface area (Å²) >= 11 is 0. The molecule has 0 radical (unpaired) electrons. The Kier molecular flexibility index (Phi) is 7.84. The Morgan fingerprint density at radius 2 is 1.08 bits per heavy atom. The molecular weight excluding hydrogens is 664 g/mol. The van der Waals surface area contributed by atoms with E-state index in [-0.39, 0.29) is 26.4 Å². The first-order chi connectivity index (χ1) is 25.5. The molecule has 258 valence electrons. The smallest absolute Gasteiger partial charge is 0.180 e. The number of aliphatic imine (C=N–C) groups is 4. The Labute approximate surface area is 294 Å². The number of nitrogens with one attached hydrogen (secondary N) is 1. The van der Waals surface area contributed by atoms with Crippen LogP contribution in [0.15, 0.2) is 104 Å². The maximum absolute atomic E-state index is 9.70. The predicted octanol–water partition coefficient (Wildman–Crippen LogP) is -1.07. The topological polar surface area (TPSA) is 200 Å². The SMILES string of the molecule is OCCn1ccc2c3nc(c-2c1)N=c1[nH]c(c2c[n+](CCO)ccc12)=NC1=NC(=NC2=NC(=N3)c3c[n+](CCO)ccc32)c2c[n+](CCO)ccc21. The van der Waals surface area contributed by atoms with Gasteiger partial charge in [0, 0.05) is 64.8 Å². The summed E-state index contributed by atoms with van der Waals surface area (Å²) in [5, 5.41) is 40.3. The molecule has 9 heterocycles. The van der Waals surface area contributed by atoms with E-state index in [0.717, 1.165) is 38.6 Å². The quantitative estimate of drug-likeness (QED) is 0.126. The van der Waals surface area contributed by atoms with E-state index in [1.807, 2.05) is 92.1 Å². The van der Waals surface area contributed by atoms with E-state index >= 15 is 0 Å². The molecule has 0 saturated carbocycles. The number of nitrogens with zero attached hydrogens (tertiary/aromatic N) is 11. The first-order valence-corrected chi connectivity index (χ1v) is 16.9. The lowest BCUT2D eigenvalue weighted by atomic mass is 10.1. The number of hydrogen-bond acceptors (Lipinski definition) is 11. The van der Waals surface area contributed by atoms with Crippen LogP contribution in [-0.2, 0) is 26.2 Å². The second-order valence-electron chi connectivity index (χ2n) is 12.5. The molecule has 52 heavy (non-hydrogen) atoms. The second kappa shape index (κ2) is 12.8. The van der Waals surface area contributed by atoms with E-state index < -0.39 is 0 Å². The number of aromatic nitrogens is 6. The highest BCUT2D eigenvalue weighted by Gasteiger charge is 2.31. The van der Waals surface area contributed by atoms with Crippen LogP contribution in [0.2, 0.25) is 0 Å². The Morgan fingerprint density at radius 3 is 1.73 bits per heavy atom. The van der Waals surface area contributed by atoms with E-state index in [1.165, 1.54) is 0 Å². The molecule has 0 unspecified atom stereocenters. The highest BCUT2D eigenvalue weighted by molar-refractivity contribution is 6.29. The van der Waals surface area contributed by atoms with E-state index in [4.69, 9.17) is 34.9 Å². The van der Waals surface area contributed by atoms with Crippen LogP contribution < -0.4 is 24.7 Å². The van der Waals surface area contributed by atoms with Gasteiger partial charge in [0.05, 0.1) is 23.1 Å². The van der Waals surface area contributed by atoms with Gasteiger partial charge in [0.15, 0.2) is 91.8 Å². The zero-order chi connectivity index (χ0) is 35.3. The largest absolute Gasteiger partial charge is 0.395 e. The van der Waals surface area contributed by atoms with Crippen LogP contribution in [-0.4, -0.2) is 84.7 Å². The number of hydrogen-bond donors (Lipinski definition) is 5. The van der Waals surface area contributed by atoms with Gasteiger partial charge in [-0.15, -0.1) is 0 Å². The van der Waals surface area contributed by atoms with Gasteiger partial charge in [-0.2, -0.15) is 0 Å². The molecule has 16 nitrogen and oxygen atoms in total. The number of aromatic amines is 1. The normalized spacial score (nSPS) is 14.4. The summed E-state index contributed by atoms with van der Waals surface area (Å²) in [4.78, 5) is 38.4. The van der Waals surface area contributed by atoms with Crippen molar-refractivity contribution >= 4 is 45.8 Å². The fourth-order valence-corrected chi connectivity index (χ4v) is 6.70. The van der Waals surface area contributed by atoms with Crippen molar-refractivity contribution in [2.24, 2.45) is 30.0 Å². The van der Waals surface area contributed by atoms with Crippen molar-refractivity contribution < 1.29 is 34.1 Å². The number of fused-ring (bicyclic) bond motifs is 18. The fraction of sp³-hybridized carbons (Fsp3) is 0.222. The summed E-state index contributed by atoms with van der Waals surface area (Å²) in [5.41, 5.74) is 5.43. The summed E-state index contributed by atoms with van der Waals surface area (Å²) in [6, 6.07) is 7.63. The summed E-state index contributed by atoms with van der Waals surface area (Å²) in [5.74, 6) is 2.44. The molecule has 0 fully saturated rings. The van der Waals surface area contributed by atoms with Gasteiger partial charge in [-0.1, -0.05) is 0 Å². The van der Waals surface area contributed by atoms with Crippen molar-refractivity contribution in [3.05, 3.63) is 107 Å².